The van der Waals surface area contributed by atoms with Crippen molar-refractivity contribution in [2.75, 3.05) is 46.2 Å². The molecule has 3 fully saturated rings. The Bertz CT molecular complexity index is 1810. The van der Waals surface area contributed by atoms with Gasteiger partial charge in [0, 0.05) is 62.4 Å². The highest BCUT2D eigenvalue weighted by molar-refractivity contribution is 5.95. The molecule has 8 N–H and O–H groups in total. The van der Waals surface area contributed by atoms with Gasteiger partial charge in [0.15, 0.2) is 18.4 Å². The van der Waals surface area contributed by atoms with Crippen molar-refractivity contribution in [3.8, 4) is 0 Å². The molecule has 402 valence electrons. The van der Waals surface area contributed by atoms with Gasteiger partial charge < -0.3 is 74.6 Å². The fourth-order valence-corrected chi connectivity index (χ4v) is 10.3. The number of cyclic esters (lactones) is 1. The van der Waals surface area contributed by atoms with Crippen LogP contribution in [0.25, 0.3) is 0 Å². The number of aliphatic hydroxyl groups excluding tert-OH is 3. The molecule has 3 heterocycles. The van der Waals surface area contributed by atoms with Gasteiger partial charge in [0.25, 0.3) is 6.47 Å². The summed E-state index contributed by atoms with van der Waals surface area (Å²) in [6.45, 7) is 19.5. The number of ether oxygens (including phenoxy) is 6. The number of benzene rings is 1. The van der Waals surface area contributed by atoms with Gasteiger partial charge in [-0.3, -0.25) is 19.3 Å². The number of carbonyl (C=O) groups is 4. The summed E-state index contributed by atoms with van der Waals surface area (Å²) in [4.78, 5) is 51.3. The van der Waals surface area contributed by atoms with Crippen molar-refractivity contribution < 1.29 is 78.2 Å². The van der Waals surface area contributed by atoms with Gasteiger partial charge in [-0.05, 0) is 125 Å². The second-order valence-electron chi connectivity index (χ2n) is 20.7. The van der Waals surface area contributed by atoms with Gasteiger partial charge in [-0.1, -0.05) is 20.8 Å². The first kappa shape index (κ1) is 60.9. The largest absolute Gasteiger partial charge is 0.483 e. The van der Waals surface area contributed by atoms with Crippen LogP contribution in [-0.4, -0.2) is 196 Å². The molecule has 2 amide bonds. The van der Waals surface area contributed by atoms with E-state index < -0.39 is 102 Å². The summed E-state index contributed by atoms with van der Waals surface area (Å²) in [5.74, 6) is -3.02. The van der Waals surface area contributed by atoms with Crippen molar-refractivity contribution in [3.05, 3.63) is 29.8 Å². The van der Waals surface area contributed by atoms with Gasteiger partial charge in [-0.25, -0.2) is 4.79 Å². The number of carbonyl (C=O) groups excluding carboxylic acids is 3. The molecule has 3 aliphatic rings. The molecular weight excluding hydrogens is 913 g/mol. The molecule has 3 aliphatic heterocycles. The predicted molar refractivity (Wildman–Crippen MR) is 260 cm³/mol. The third-order valence-electron chi connectivity index (χ3n) is 14.5. The number of amides is 2. The van der Waals surface area contributed by atoms with Crippen LogP contribution in [0.2, 0.25) is 0 Å². The monoisotopic (exact) mass is 999 g/mol. The molecule has 0 unspecified atom stereocenters. The van der Waals surface area contributed by atoms with Crippen LogP contribution in [0.5, 0.6) is 0 Å². The number of ketones is 1. The van der Waals surface area contributed by atoms with Gasteiger partial charge in [0.1, 0.15) is 30.0 Å². The Labute approximate surface area is 414 Å². The van der Waals surface area contributed by atoms with Crippen molar-refractivity contribution in [2.45, 2.75) is 199 Å². The first-order valence-corrected chi connectivity index (χ1v) is 24.6. The van der Waals surface area contributed by atoms with Crippen LogP contribution in [0.1, 0.15) is 119 Å². The van der Waals surface area contributed by atoms with Crippen LogP contribution in [-0.2, 0) is 38.0 Å². The average molecular weight is 999 g/mol. The molecule has 0 aliphatic carbocycles. The molecule has 0 saturated carbocycles. The van der Waals surface area contributed by atoms with E-state index in [1.165, 1.54) is 21.0 Å². The van der Waals surface area contributed by atoms with E-state index in [9.17, 15) is 39.9 Å². The van der Waals surface area contributed by atoms with E-state index in [1.54, 1.807) is 72.7 Å². The van der Waals surface area contributed by atoms with Crippen molar-refractivity contribution >= 4 is 29.9 Å². The number of likely N-dealkylation sites (N-methyl/N-ethyl adjacent to an activating group) is 1. The van der Waals surface area contributed by atoms with Gasteiger partial charge in [-0.15, -0.1) is 0 Å². The van der Waals surface area contributed by atoms with Crippen LogP contribution in [0.3, 0.4) is 0 Å². The van der Waals surface area contributed by atoms with Crippen LogP contribution < -0.4 is 10.6 Å². The SMILES string of the molecule is CC[C@H]1OC(=O)[C@H](C)[C@@H](O[C@H]2C[C@@](C)(OC)[C@@H](O)[C@H](C)O2)[C@H](C)[C@@H](O[C@@H]2O[C@H](C)C[C@H](N(C)C)[C@H]2O)[C@](C)(O)C[C@@H](C)CN(CCCNC(=O)Nc2ccc(C(C)=O)cc2)[C@H](C)[C@@H](O)[C@]1(C)O.O=CO. The molecule has 18 atom stereocenters. The summed E-state index contributed by atoms with van der Waals surface area (Å²) < 4.78 is 38.0. The molecule has 0 radical (unpaired) electrons. The Morgan fingerprint density at radius 2 is 1.57 bits per heavy atom. The number of nitrogens with one attached hydrogen (secondary N) is 2. The van der Waals surface area contributed by atoms with Gasteiger partial charge in [0.05, 0.1) is 41.5 Å². The first-order chi connectivity index (χ1) is 32.6. The standard InChI is InChI=1S/C49H84N4O14.CH2O2/c1-15-37-49(11,61)41(56)31(6)53(22-16-21-50-46(59)51-35-19-17-34(18-20-35)32(7)54)26-27(2)24-47(9,60)43(67-45-39(55)36(52(12)13)23-28(3)63-45)29(4)40(30(5)44(58)65-37)66-38-25-48(10,62-14)42(57)33(8)64-38;2-1-3/h17-20,27-31,33,36-43,45,55-57,60-61H,15-16,21-26H2,1-14H3,(H2,50,51,59);1H,(H,2,3)/t27-,28-,29+,30-,31-,33+,36+,37-,38+,39-,40+,41-,42+,43-,45+,47-,48-,49-;/m1./s1. The fraction of sp³-hybridized carbons (Fsp3) is 0.800. The second-order valence-corrected chi connectivity index (χ2v) is 20.7. The zero-order valence-corrected chi connectivity index (χ0v) is 43.9. The highest BCUT2D eigenvalue weighted by Crippen LogP contribution is 2.40. The van der Waals surface area contributed by atoms with E-state index >= 15 is 0 Å². The number of Topliss-reactive ketones (excluding diaryl/α,β-unsaturated/α-hetero) is 1. The molecule has 70 heavy (non-hydrogen) atoms. The lowest BCUT2D eigenvalue weighted by atomic mass is 9.77. The molecule has 20 heteroatoms. The highest BCUT2D eigenvalue weighted by atomic mass is 16.7. The number of carboxylic acid groups (broad SMARTS) is 1. The van der Waals surface area contributed by atoms with E-state index in [-0.39, 0.29) is 56.1 Å². The average Bonchev–Trinajstić information content (AvgIpc) is 3.28. The van der Waals surface area contributed by atoms with E-state index in [4.69, 9.17) is 38.3 Å². The maximum absolute atomic E-state index is 14.5. The number of hydrogen-bond acceptors (Lipinski definition) is 17. The van der Waals surface area contributed by atoms with Crippen LogP contribution in [0.15, 0.2) is 24.3 Å². The Hall–Kier alpha value is -3.38. The summed E-state index contributed by atoms with van der Waals surface area (Å²) in [6, 6.07) is 5.09. The summed E-state index contributed by atoms with van der Waals surface area (Å²) in [6.07, 6.45) is -8.77. The maximum Gasteiger partial charge on any atom is 0.319 e. The topological polar surface area (TPSA) is 276 Å². The third kappa shape index (κ3) is 15.8. The van der Waals surface area contributed by atoms with E-state index in [0.29, 0.717) is 37.2 Å². The van der Waals surface area contributed by atoms with E-state index in [2.05, 4.69) is 10.6 Å². The molecule has 1 aromatic carbocycles. The number of esters is 1. The lowest BCUT2D eigenvalue weighted by Gasteiger charge is -2.48. The highest BCUT2D eigenvalue weighted by Gasteiger charge is 2.53. The third-order valence-corrected chi connectivity index (χ3v) is 14.5. The molecule has 0 spiro atoms. The maximum atomic E-state index is 14.5. The van der Waals surface area contributed by atoms with Crippen LogP contribution in [0, 0.1) is 17.8 Å². The lowest BCUT2D eigenvalue weighted by molar-refractivity contribution is -0.318. The Morgan fingerprint density at radius 1 is 0.957 bits per heavy atom. The Morgan fingerprint density at radius 3 is 2.13 bits per heavy atom. The van der Waals surface area contributed by atoms with Crippen LogP contribution in [0.4, 0.5) is 10.5 Å². The van der Waals surface area contributed by atoms with Crippen molar-refractivity contribution in [2.24, 2.45) is 17.8 Å². The first-order valence-electron chi connectivity index (χ1n) is 24.6. The molecule has 0 bridgehead atoms. The fourth-order valence-electron chi connectivity index (χ4n) is 10.3. The van der Waals surface area contributed by atoms with Gasteiger partial charge >= 0.3 is 12.0 Å². The number of aliphatic hydroxyl groups is 5. The number of hydrogen-bond donors (Lipinski definition) is 8. The van der Waals surface area contributed by atoms with Crippen molar-refractivity contribution in [3.63, 3.8) is 0 Å². The van der Waals surface area contributed by atoms with E-state index in [1.807, 2.05) is 37.7 Å². The molecule has 3 saturated heterocycles. The molecule has 1 aromatic rings. The van der Waals surface area contributed by atoms with Gasteiger partial charge in [0.2, 0.25) is 0 Å². The normalized spacial score (nSPS) is 39.3. The quantitative estimate of drug-likeness (QED) is 0.0609. The predicted octanol–water partition coefficient (Wildman–Crippen LogP) is 3.39. The molecule has 4 rings (SSSR count). The second kappa shape index (κ2) is 26.5. The minimum atomic E-state index is -1.94. The van der Waals surface area contributed by atoms with E-state index in [0.717, 1.165) is 0 Å². The summed E-state index contributed by atoms with van der Waals surface area (Å²) in [7, 11) is 5.23. The van der Waals surface area contributed by atoms with Crippen molar-refractivity contribution in [1.82, 2.24) is 15.1 Å². The molecule has 20 nitrogen and oxygen atoms in total. The zero-order valence-electron chi connectivity index (χ0n) is 43.9. The number of anilines is 1. The zero-order chi connectivity index (χ0) is 53.1. The minimum absolute atomic E-state index is 0.0829. The number of nitrogens with zero attached hydrogens (tertiary/aromatic N) is 2. The Balaban J connectivity index is 0.00000421. The summed E-state index contributed by atoms with van der Waals surface area (Å²) in [5.41, 5.74) is -3.63. The van der Waals surface area contributed by atoms with Crippen LogP contribution >= 0.6 is 0 Å². The lowest BCUT2D eigenvalue weighted by Crippen LogP contribution is -2.60. The number of rotatable bonds is 13. The minimum Gasteiger partial charge on any atom is -0.483 e. The van der Waals surface area contributed by atoms with Gasteiger partial charge in [-0.2, -0.15) is 0 Å². The molecular formula is C50H86N4O16. The Kier molecular flexibility index (Phi) is 23.1. The summed E-state index contributed by atoms with van der Waals surface area (Å²) in [5, 5.41) is 72.4. The number of methoxy groups -OCH3 is 1. The molecule has 0 aromatic heterocycles. The number of urea groups is 1. The van der Waals surface area contributed by atoms with Crippen molar-refractivity contribution in [1.29, 1.82) is 0 Å². The summed E-state index contributed by atoms with van der Waals surface area (Å²) >= 11 is 0. The smallest absolute Gasteiger partial charge is 0.319 e.